The normalized spacial score (nSPS) is 16.5. The minimum Gasteiger partial charge on any atom is -0.366 e. The zero-order valence-electron chi connectivity index (χ0n) is 18.0. The maximum Gasteiger partial charge on any atom is 0.224 e. The SMILES string of the molecule is CN=C(NCCC(=O)N1CCc2sccc2C1)N1CCN(c2cc(F)ccc2F)CC1.I. The first-order chi connectivity index (χ1) is 15.0. The van der Waals surface area contributed by atoms with Gasteiger partial charge < -0.3 is 20.0 Å². The second-order valence-corrected chi connectivity index (χ2v) is 8.73. The molecule has 0 unspecified atom stereocenters. The number of aliphatic imine (C=N–C) groups is 1. The predicted octanol–water partition coefficient (Wildman–Crippen LogP) is 3.32. The Morgan fingerprint density at radius 3 is 2.66 bits per heavy atom. The maximum absolute atomic E-state index is 14.0. The highest BCUT2D eigenvalue weighted by atomic mass is 127. The van der Waals surface area contributed by atoms with Crippen LogP contribution < -0.4 is 10.2 Å². The van der Waals surface area contributed by atoms with E-state index in [2.05, 4.69) is 26.7 Å². The third-order valence-electron chi connectivity index (χ3n) is 5.82. The zero-order valence-corrected chi connectivity index (χ0v) is 21.2. The molecule has 1 fully saturated rings. The second-order valence-electron chi connectivity index (χ2n) is 7.73. The van der Waals surface area contributed by atoms with Gasteiger partial charge in [0.25, 0.3) is 0 Å². The number of fused-ring (bicyclic) bond motifs is 1. The number of amides is 1. The summed E-state index contributed by atoms with van der Waals surface area (Å²) in [6, 6.07) is 5.64. The van der Waals surface area contributed by atoms with Crippen LogP contribution in [0.5, 0.6) is 0 Å². The summed E-state index contributed by atoms with van der Waals surface area (Å²) in [5.74, 6) is 0.0187. The Bertz CT molecular complexity index is 962. The van der Waals surface area contributed by atoms with Gasteiger partial charge in [-0.05, 0) is 35.6 Å². The van der Waals surface area contributed by atoms with E-state index in [-0.39, 0.29) is 29.9 Å². The first-order valence-corrected chi connectivity index (χ1v) is 11.4. The second kappa shape index (κ2) is 11.3. The number of halogens is 3. The molecule has 0 saturated carbocycles. The van der Waals surface area contributed by atoms with Crippen molar-refractivity contribution in [3.8, 4) is 0 Å². The van der Waals surface area contributed by atoms with Crippen LogP contribution in [0.2, 0.25) is 0 Å². The Hall–Kier alpha value is -1.95. The lowest BCUT2D eigenvalue weighted by Gasteiger charge is -2.37. The molecule has 2 aliphatic rings. The van der Waals surface area contributed by atoms with Gasteiger partial charge in [-0.1, -0.05) is 0 Å². The van der Waals surface area contributed by atoms with Gasteiger partial charge in [0.05, 0.1) is 5.69 Å². The van der Waals surface area contributed by atoms with Crippen molar-refractivity contribution < 1.29 is 13.6 Å². The van der Waals surface area contributed by atoms with Gasteiger partial charge in [-0.3, -0.25) is 9.79 Å². The van der Waals surface area contributed by atoms with Crippen LogP contribution in [-0.4, -0.2) is 68.0 Å². The minimum atomic E-state index is -0.440. The van der Waals surface area contributed by atoms with E-state index in [1.807, 2.05) is 9.80 Å². The molecular weight excluding hydrogens is 547 g/mol. The molecule has 0 aliphatic carbocycles. The van der Waals surface area contributed by atoms with Crippen molar-refractivity contribution in [2.75, 3.05) is 51.2 Å². The fourth-order valence-corrected chi connectivity index (χ4v) is 5.01. The number of hydrogen-bond donors (Lipinski definition) is 1. The van der Waals surface area contributed by atoms with E-state index < -0.39 is 11.6 Å². The summed E-state index contributed by atoms with van der Waals surface area (Å²) >= 11 is 1.77. The number of guanidine groups is 1. The zero-order chi connectivity index (χ0) is 21.8. The summed E-state index contributed by atoms with van der Waals surface area (Å²) in [6.45, 7) is 4.39. The van der Waals surface area contributed by atoms with Crippen LogP contribution in [-0.2, 0) is 17.8 Å². The van der Waals surface area contributed by atoms with Crippen LogP contribution in [0.25, 0.3) is 0 Å². The number of rotatable bonds is 4. The molecule has 0 radical (unpaired) electrons. The summed E-state index contributed by atoms with van der Waals surface area (Å²) in [7, 11) is 1.71. The first kappa shape index (κ1) is 24.7. The summed E-state index contributed by atoms with van der Waals surface area (Å²) in [5, 5.41) is 5.37. The van der Waals surface area contributed by atoms with Crippen molar-refractivity contribution in [1.29, 1.82) is 0 Å². The third-order valence-corrected chi connectivity index (χ3v) is 6.85. The van der Waals surface area contributed by atoms with Crippen LogP contribution in [0.4, 0.5) is 14.5 Å². The molecule has 0 spiro atoms. The molecule has 3 heterocycles. The molecule has 1 aromatic carbocycles. The van der Waals surface area contributed by atoms with Gasteiger partial charge in [-0.15, -0.1) is 35.3 Å². The van der Waals surface area contributed by atoms with Gasteiger partial charge >= 0.3 is 0 Å². The largest absolute Gasteiger partial charge is 0.366 e. The maximum atomic E-state index is 14.0. The number of hydrogen-bond acceptors (Lipinski definition) is 4. The number of thiophene rings is 1. The van der Waals surface area contributed by atoms with Crippen molar-refractivity contribution in [1.82, 2.24) is 15.1 Å². The molecule has 32 heavy (non-hydrogen) atoms. The molecule has 1 N–H and O–H groups in total. The first-order valence-electron chi connectivity index (χ1n) is 10.5. The lowest BCUT2D eigenvalue weighted by molar-refractivity contribution is -0.131. The standard InChI is InChI=1S/C22H27F2N5OS.HI/c1-25-22(26-7-4-21(30)29-8-5-20-16(15-29)6-13-31-20)28-11-9-27(10-12-28)19-14-17(23)2-3-18(19)24;/h2-3,6,13-14H,4-5,7-12,15H2,1H3,(H,25,26);1H. The number of nitrogens with zero attached hydrogens (tertiary/aromatic N) is 4. The Labute approximate surface area is 208 Å². The van der Waals surface area contributed by atoms with Crippen LogP contribution in [0.3, 0.4) is 0 Å². The van der Waals surface area contributed by atoms with Crippen LogP contribution >= 0.6 is 35.3 Å². The molecule has 2 aliphatic heterocycles. The number of anilines is 1. The fraction of sp³-hybridized carbons (Fsp3) is 0.455. The lowest BCUT2D eigenvalue weighted by Crippen LogP contribution is -2.53. The summed E-state index contributed by atoms with van der Waals surface area (Å²) in [6.07, 6.45) is 1.34. The van der Waals surface area contributed by atoms with Gasteiger partial charge in [0, 0.05) is 70.2 Å². The van der Waals surface area contributed by atoms with E-state index in [0.29, 0.717) is 51.4 Å². The molecule has 10 heteroatoms. The Morgan fingerprint density at radius 1 is 1.12 bits per heavy atom. The van der Waals surface area contributed by atoms with Crippen molar-refractivity contribution >= 4 is 52.9 Å². The number of nitrogens with one attached hydrogen (secondary N) is 1. The number of benzene rings is 1. The van der Waals surface area contributed by atoms with Gasteiger partial charge in [0.15, 0.2) is 5.96 Å². The Kier molecular flexibility index (Phi) is 8.69. The lowest BCUT2D eigenvalue weighted by atomic mass is 10.1. The summed E-state index contributed by atoms with van der Waals surface area (Å²) in [5.41, 5.74) is 1.56. The summed E-state index contributed by atoms with van der Waals surface area (Å²) in [4.78, 5) is 24.2. The highest BCUT2D eigenvalue weighted by Crippen LogP contribution is 2.24. The number of carbonyl (C=O) groups excluding carboxylic acids is 1. The number of carbonyl (C=O) groups is 1. The van der Waals surface area contributed by atoms with Crippen molar-refractivity contribution in [2.24, 2.45) is 4.99 Å². The van der Waals surface area contributed by atoms with Gasteiger partial charge in [-0.25, -0.2) is 8.78 Å². The number of piperazine rings is 1. The molecule has 4 rings (SSSR count). The topological polar surface area (TPSA) is 51.2 Å². The third kappa shape index (κ3) is 5.69. The highest BCUT2D eigenvalue weighted by Gasteiger charge is 2.23. The molecule has 1 amide bonds. The van der Waals surface area contributed by atoms with Crippen LogP contribution in [0.15, 0.2) is 34.6 Å². The van der Waals surface area contributed by atoms with Gasteiger partial charge in [0.2, 0.25) is 5.91 Å². The van der Waals surface area contributed by atoms with E-state index in [1.165, 1.54) is 16.5 Å². The van der Waals surface area contributed by atoms with E-state index in [0.717, 1.165) is 31.1 Å². The molecule has 1 aromatic heterocycles. The van der Waals surface area contributed by atoms with Crippen molar-refractivity contribution in [3.05, 3.63) is 51.7 Å². The smallest absolute Gasteiger partial charge is 0.224 e. The van der Waals surface area contributed by atoms with E-state index in [4.69, 9.17) is 0 Å². The molecule has 0 atom stereocenters. The molecule has 0 bridgehead atoms. The van der Waals surface area contributed by atoms with E-state index >= 15 is 0 Å². The van der Waals surface area contributed by atoms with Crippen molar-refractivity contribution in [2.45, 2.75) is 19.4 Å². The fourth-order valence-electron chi connectivity index (χ4n) is 4.12. The minimum absolute atomic E-state index is 0. The average molecular weight is 575 g/mol. The van der Waals surface area contributed by atoms with Crippen LogP contribution in [0.1, 0.15) is 16.9 Å². The molecular formula is C22H28F2IN5OS. The summed E-state index contributed by atoms with van der Waals surface area (Å²) < 4.78 is 27.5. The Balaban J connectivity index is 0.00000289. The average Bonchev–Trinajstić information content (AvgIpc) is 3.26. The molecule has 174 valence electrons. The quantitative estimate of drug-likeness (QED) is 0.346. The molecule has 1 saturated heterocycles. The Morgan fingerprint density at radius 2 is 1.91 bits per heavy atom. The highest BCUT2D eigenvalue weighted by molar-refractivity contribution is 14.0. The van der Waals surface area contributed by atoms with E-state index in [9.17, 15) is 13.6 Å². The van der Waals surface area contributed by atoms with Crippen LogP contribution in [0, 0.1) is 11.6 Å². The predicted molar refractivity (Wildman–Crippen MR) is 135 cm³/mol. The van der Waals surface area contributed by atoms with Crippen molar-refractivity contribution in [3.63, 3.8) is 0 Å². The van der Waals surface area contributed by atoms with E-state index in [1.54, 1.807) is 18.4 Å². The van der Waals surface area contributed by atoms with Gasteiger partial charge in [0.1, 0.15) is 11.6 Å². The van der Waals surface area contributed by atoms with Gasteiger partial charge in [-0.2, -0.15) is 0 Å². The monoisotopic (exact) mass is 575 g/mol. The molecule has 6 nitrogen and oxygen atoms in total. The molecule has 2 aromatic rings.